The maximum absolute atomic E-state index is 5.36. The fourth-order valence-corrected chi connectivity index (χ4v) is 1.30. The highest BCUT2D eigenvalue weighted by Crippen LogP contribution is 2.04. The van der Waals surface area contributed by atoms with Crippen LogP contribution >= 0.6 is 15.9 Å². The average molecular weight is 219 g/mol. The lowest BCUT2D eigenvalue weighted by atomic mass is 10.3. The molecule has 0 atom stereocenters. The van der Waals surface area contributed by atoms with Gasteiger partial charge in [0.15, 0.2) is 0 Å². The van der Waals surface area contributed by atoms with E-state index < -0.39 is 0 Å². The number of aromatic nitrogens is 3. The third-order valence-corrected chi connectivity index (χ3v) is 1.77. The number of aryl methyl sites for hydroxylation is 2. The molecule has 0 spiro atoms. The molecule has 1 aromatic heterocycles. The van der Waals surface area contributed by atoms with Gasteiger partial charge in [-0.3, -0.25) is 4.68 Å². The first-order chi connectivity index (χ1) is 5.24. The molecule has 5 heteroatoms. The molecule has 1 aromatic rings. The summed E-state index contributed by atoms with van der Waals surface area (Å²) in [6.07, 6.45) is 1.85. The van der Waals surface area contributed by atoms with E-state index in [2.05, 4.69) is 26.0 Å². The standard InChI is InChI=1S/C6H11BrN4/c1-11-5(3-2-4-8)9-6(7)10-11/h2-4,8H2,1H3. The minimum Gasteiger partial charge on any atom is -0.330 e. The lowest BCUT2D eigenvalue weighted by molar-refractivity contribution is 0.673. The molecule has 0 aromatic carbocycles. The number of hydrogen-bond acceptors (Lipinski definition) is 3. The van der Waals surface area contributed by atoms with Crippen molar-refractivity contribution in [1.82, 2.24) is 14.8 Å². The van der Waals surface area contributed by atoms with Crippen LogP contribution in [0.3, 0.4) is 0 Å². The van der Waals surface area contributed by atoms with E-state index in [1.54, 1.807) is 4.68 Å². The maximum atomic E-state index is 5.36. The van der Waals surface area contributed by atoms with Gasteiger partial charge in [-0.1, -0.05) is 0 Å². The molecular formula is C6H11BrN4. The molecule has 1 rings (SSSR count). The van der Waals surface area contributed by atoms with Crippen LogP contribution in [-0.4, -0.2) is 21.3 Å². The lowest BCUT2D eigenvalue weighted by Crippen LogP contribution is -2.04. The maximum Gasteiger partial charge on any atom is 0.217 e. The monoisotopic (exact) mass is 218 g/mol. The van der Waals surface area contributed by atoms with Gasteiger partial charge in [-0.05, 0) is 28.9 Å². The van der Waals surface area contributed by atoms with Crippen molar-refractivity contribution < 1.29 is 0 Å². The van der Waals surface area contributed by atoms with Crippen molar-refractivity contribution in [1.29, 1.82) is 0 Å². The summed E-state index contributed by atoms with van der Waals surface area (Å²) in [4.78, 5) is 4.16. The second-order valence-corrected chi connectivity index (χ2v) is 3.02. The van der Waals surface area contributed by atoms with Crippen LogP contribution in [0.15, 0.2) is 4.73 Å². The largest absolute Gasteiger partial charge is 0.330 e. The van der Waals surface area contributed by atoms with Crippen molar-refractivity contribution in [2.75, 3.05) is 6.54 Å². The van der Waals surface area contributed by atoms with Crippen molar-refractivity contribution in [3.63, 3.8) is 0 Å². The van der Waals surface area contributed by atoms with Crippen LogP contribution in [0.1, 0.15) is 12.2 Å². The molecule has 0 bridgehead atoms. The van der Waals surface area contributed by atoms with E-state index in [4.69, 9.17) is 5.73 Å². The van der Waals surface area contributed by atoms with Gasteiger partial charge in [0.05, 0.1) is 0 Å². The summed E-state index contributed by atoms with van der Waals surface area (Å²) in [5, 5.41) is 4.05. The Morgan fingerprint density at radius 1 is 1.64 bits per heavy atom. The number of hydrogen-bond donors (Lipinski definition) is 1. The Hall–Kier alpha value is -0.420. The fraction of sp³-hybridized carbons (Fsp3) is 0.667. The first-order valence-corrected chi connectivity index (χ1v) is 4.29. The SMILES string of the molecule is Cn1nc(Br)nc1CCCN. The van der Waals surface area contributed by atoms with Crippen LogP contribution in [0, 0.1) is 0 Å². The highest BCUT2D eigenvalue weighted by atomic mass is 79.9. The molecule has 0 aliphatic heterocycles. The fourth-order valence-electron chi connectivity index (χ4n) is 0.861. The molecule has 0 fully saturated rings. The molecule has 0 aliphatic rings. The van der Waals surface area contributed by atoms with Crippen molar-refractivity contribution in [2.24, 2.45) is 12.8 Å². The van der Waals surface area contributed by atoms with Gasteiger partial charge in [0.25, 0.3) is 0 Å². The molecule has 11 heavy (non-hydrogen) atoms. The summed E-state index contributed by atoms with van der Waals surface area (Å²) in [7, 11) is 1.88. The Balaban J connectivity index is 2.62. The van der Waals surface area contributed by atoms with Crippen molar-refractivity contribution in [3.8, 4) is 0 Å². The lowest BCUT2D eigenvalue weighted by Gasteiger charge is -1.95. The van der Waals surface area contributed by atoms with Gasteiger partial charge in [-0.25, -0.2) is 4.98 Å². The van der Waals surface area contributed by atoms with E-state index >= 15 is 0 Å². The van der Waals surface area contributed by atoms with Gasteiger partial charge in [0.2, 0.25) is 4.73 Å². The second kappa shape index (κ2) is 3.82. The zero-order valence-corrected chi connectivity index (χ0v) is 8.00. The molecule has 2 N–H and O–H groups in total. The zero-order valence-electron chi connectivity index (χ0n) is 6.42. The van der Waals surface area contributed by atoms with Gasteiger partial charge in [-0.15, -0.1) is 5.10 Å². The van der Waals surface area contributed by atoms with Crippen molar-refractivity contribution in [2.45, 2.75) is 12.8 Å². The number of halogens is 1. The molecule has 4 nitrogen and oxygen atoms in total. The number of rotatable bonds is 3. The summed E-state index contributed by atoms with van der Waals surface area (Å²) in [6.45, 7) is 0.699. The highest BCUT2D eigenvalue weighted by Gasteiger charge is 2.02. The molecule has 0 saturated heterocycles. The Morgan fingerprint density at radius 2 is 2.36 bits per heavy atom. The predicted molar refractivity (Wildman–Crippen MR) is 46.1 cm³/mol. The van der Waals surface area contributed by atoms with Crippen LogP contribution in [0.2, 0.25) is 0 Å². The van der Waals surface area contributed by atoms with Gasteiger partial charge in [-0.2, -0.15) is 0 Å². The molecule has 0 unspecified atom stereocenters. The Kier molecular flexibility index (Phi) is 3.02. The van der Waals surface area contributed by atoms with Crippen LogP contribution in [-0.2, 0) is 13.5 Å². The van der Waals surface area contributed by atoms with Gasteiger partial charge in [0, 0.05) is 13.5 Å². The third-order valence-electron chi connectivity index (χ3n) is 1.43. The van der Waals surface area contributed by atoms with E-state index in [-0.39, 0.29) is 0 Å². The first kappa shape index (κ1) is 8.67. The molecule has 0 amide bonds. The third kappa shape index (κ3) is 2.27. The summed E-state index contributed by atoms with van der Waals surface area (Å²) in [5.41, 5.74) is 5.36. The van der Waals surface area contributed by atoms with Crippen LogP contribution in [0.5, 0.6) is 0 Å². The van der Waals surface area contributed by atoms with Gasteiger partial charge >= 0.3 is 0 Å². The zero-order chi connectivity index (χ0) is 8.27. The average Bonchev–Trinajstić information content (AvgIpc) is 2.26. The summed E-state index contributed by atoms with van der Waals surface area (Å²) < 4.78 is 2.41. The van der Waals surface area contributed by atoms with E-state index in [0.29, 0.717) is 11.3 Å². The van der Waals surface area contributed by atoms with E-state index in [1.165, 1.54) is 0 Å². The predicted octanol–water partition coefficient (Wildman–Crippen LogP) is 0.469. The van der Waals surface area contributed by atoms with Crippen molar-refractivity contribution in [3.05, 3.63) is 10.6 Å². The Morgan fingerprint density at radius 3 is 2.82 bits per heavy atom. The molecule has 0 radical (unpaired) electrons. The molecule has 0 saturated carbocycles. The quantitative estimate of drug-likeness (QED) is 0.803. The minimum atomic E-state index is 0.645. The Bertz CT molecular complexity index is 232. The number of nitrogens with two attached hydrogens (primary N) is 1. The molecular weight excluding hydrogens is 208 g/mol. The van der Waals surface area contributed by atoms with Crippen LogP contribution in [0.4, 0.5) is 0 Å². The van der Waals surface area contributed by atoms with E-state index in [1.807, 2.05) is 7.05 Å². The van der Waals surface area contributed by atoms with Crippen LogP contribution in [0.25, 0.3) is 0 Å². The van der Waals surface area contributed by atoms with Crippen molar-refractivity contribution >= 4 is 15.9 Å². The normalized spacial score (nSPS) is 10.5. The van der Waals surface area contributed by atoms with Gasteiger partial charge in [0.1, 0.15) is 5.82 Å². The molecule has 0 aliphatic carbocycles. The summed E-state index contributed by atoms with van der Waals surface area (Å²) >= 11 is 3.20. The summed E-state index contributed by atoms with van der Waals surface area (Å²) in [6, 6.07) is 0. The van der Waals surface area contributed by atoms with Crippen LogP contribution < -0.4 is 5.73 Å². The molecule has 1 heterocycles. The minimum absolute atomic E-state index is 0.645. The number of nitrogens with zero attached hydrogens (tertiary/aromatic N) is 3. The van der Waals surface area contributed by atoms with Gasteiger partial charge < -0.3 is 5.73 Å². The highest BCUT2D eigenvalue weighted by molar-refractivity contribution is 9.10. The smallest absolute Gasteiger partial charge is 0.217 e. The molecule has 62 valence electrons. The van der Waals surface area contributed by atoms with E-state index in [9.17, 15) is 0 Å². The topological polar surface area (TPSA) is 56.7 Å². The Labute approximate surface area is 73.9 Å². The summed E-state index contributed by atoms with van der Waals surface area (Å²) in [5.74, 6) is 0.974. The van der Waals surface area contributed by atoms with E-state index in [0.717, 1.165) is 18.7 Å². The second-order valence-electron chi connectivity index (χ2n) is 2.31. The first-order valence-electron chi connectivity index (χ1n) is 3.49.